The Morgan fingerprint density at radius 3 is 2.43 bits per heavy atom. The maximum atomic E-state index is 10.6. The Kier molecular flexibility index (Phi) is 5.67. The fourth-order valence-electron chi connectivity index (χ4n) is 1.75. The molecule has 0 atom stereocenters. The molecule has 0 spiro atoms. The molecule has 0 bridgehead atoms. The normalized spacial score (nSPS) is 11.7. The summed E-state index contributed by atoms with van der Waals surface area (Å²) in [6, 6.07) is 13.6. The Morgan fingerprint density at radius 1 is 1.00 bits per heavy atom. The second kappa shape index (κ2) is 7.70. The molecule has 0 aliphatic carbocycles. The zero-order valence-electron chi connectivity index (χ0n) is 12.2. The Hall–Kier alpha value is -2.45. The van der Waals surface area contributed by atoms with Crippen LogP contribution in [-0.2, 0) is 10.1 Å². The van der Waals surface area contributed by atoms with Crippen molar-refractivity contribution in [3.05, 3.63) is 48.5 Å². The molecule has 0 aromatic heterocycles. The highest BCUT2D eigenvalue weighted by Gasteiger charge is 2.10. The fourth-order valence-corrected chi connectivity index (χ4v) is 2.24. The van der Waals surface area contributed by atoms with Crippen LogP contribution < -0.4 is 4.74 Å². The lowest BCUT2D eigenvalue weighted by atomic mass is 10.3. The highest BCUT2D eigenvalue weighted by molar-refractivity contribution is 7.85. The average Bonchev–Trinajstić information content (AvgIpc) is 2.51. The predicted molar refractivity (Wildman–Crippen MR) is 85.3 cm³/mol. The molecule has 0 saturated carbocycles. The van der Waals surface area contributed by atoms with E-state index in [1.807, 2.05) is 18.2 Å². The van der Waals surface area contributed by atoms with Crippen molar-refractivity contribution in [2.75, 3.05) is 12.4 Å². The number of nitrogens with zero attached hydrogens (tertiary/aromatic N) is 2. The third kappa shape index (κ3) is 5.68. The lowest BCUT2D eigenvalue weighted by Gasteiger charge is -2.08. The highest BCUT2D eigenvalue weighted by Crippen LogP contribution is 2.37. The molecule has 2 aromatic rings. The van der Waals surface area contributed by atoms with Crippen LogP contribution in [0.4, 0.5) is 11.4 Å². The summed E-state index contributed by atoms with van der Waals surface area (Å²) in [5.41, 5.74) is 0.774. The van der Waals surface area contributed by atoms with E-state index in [-0.39, 0.29) is 30.2 Å². The van der Waals surface area contributed by atoms with Gasteiger partial charge in [0.2, 0.25) is 0 Å². The second-order valence-electron chi connectivity index (χ2n) is 4.65. The quantitative estimate of drug-likeness (QED) is 0.457. The van der Waals surface area contributed by atoms with Crippen molar-refractivity contribution in [3.63, 3.8) is 0 Å². The molecule has 0 saturated heterocycles. The summed E-state index contributed by atoms with van der Waals surface area (Å²) in [7, 11) is -4.01. The van der Waals surface area contributed by atoms with Gasteiger partial charge in [-0.3, -0.25) is 4.55 Å². The molecule has 8 heteroatoms. The van der Waals surface area contributed by atoms with Gasteiger partial charge in [-0.15, -0.1) is 5.11 Å². The van der Waals surface area contributed by atoms with Gasteiger partial charge in [0.25, 0.3) is 10.1 Å². The minimum absolute atomic E-state index is 0.0527. The SMILES string of the molecule is O=S(=O)(O)CCCOc1cccc(O)c1N=Nc1ccccc1. The van der Waals surface area contributed by atoms with E-state index in [0.29, 0.717) is 5.69 Å². The number of phenolic OH excluding ortho intramolecular Hbond substituents is 1. The first-order chi connectivity index (χ1) is 11.0. The van der Waals surface area contributed by atoms with Crippen molar-refractivity contribution < 1.29 is 22.8 Å². The minimum Gasteiger partial charge on any atom is -0.505 e. The highest BCUT2D eigenvalue weighted by atomic mass is 32.2. The van der Waals surface area contributed by atoms with Gasteiger partial charge in [-0.2, -0.15) is 13.5 Å². The molecule has 23 heavy (non-hydrogen) atoms. The standard InChI is InChI=1S/C15H16N2O5S/c18-13-8-4-9-14(22-10-5-11-23(19,20)21)15(13)17-16-12-6-2-1-3-7-12/h1-4,6-9,18H,5,10-11H2,(H,19,20,21). The van der Waals surface area contributed by atoms with Crippen molar-refractivity contribution in [3.8, 4) is 11.5 Å². The van der Waals surface area contributed by atoms with E-state index in [1.165, 1.54) is 6.07 Å². The topological polar surface area (TPSA) is 109 Å². The summed E-state index contributed by atoms with van der Waals surface area (Å²) in [5, 5.41) is 17.9. The van der Waals surface area contributed by atoms with Crippen LogP contribution in [0.5, 0.6) is 11.5 Å². The van der Waals surface area contributed by atoms with Gasteiger partial charge >= 0.3 is 0 Å². The van der Waals surface area contributed by atoms with Gasteiger partial charge in [0, 0.05) is 0 Å². The van der Waals surface area contributed by atoms with E-state index in [2.05, 4.69) is 10.2 Å². The van der Waals surface area contributed by atoms with Gasteiger partial charge in [-0.25, -0.2) is 0 Å². The van der Waals surface area contributed by atoms with Gasteiger partial charge in [-0.1, -0.05) is 24.3 Å². The first-order valence-corrected chi connectivity index (χ1v) is 8.43. The Labute approximate surface area is 134 Å². The van der Waals surface area contributed by atoms with E-state index in [4.69, 9.17) is 9.29 Å². The lowest BCUT2D eigenvalue weighted by Crippen LogP contribution is -2.08. The zero-order valence-corrected chi connectivity index (χ0v) is 13.0. The van der Waals surface area contributed by atoms with Crippen molar-refractivity contribution >= 4 is 21.5 Å². The summed E-state index contributed by atoms with van der Waals surface area (Å²) in [6.45, 7) is 0.0527. The largest absolute Gasteiger partial charge is 0.505 e. The third-order valence-electron chi connectivity index (χ3n) is 2.80. The van der Waals surface area contributed by atoms with Crippen molar-refractivity contribution in [1.29, 1.82) is 0 Å². The number of azo groups is 1. The summed E-state index contributed by atoms with van der Waals surface area (Å²) < 4.78 is 35.4. The maximum absolute atomic E-state index is 10.6. The van der Waals surface area contributed by atoms with Crippen molar-refractivity contribution in [2.24, 2.45) is 10.2 Å². The predicted octanol–water partition coefficient (Wildman–Crippen LogP) is 3.46. The monoisotopic (exact) mass is 336 g/mol. The van der Waals surface area contributed by atoms with Crippen LogP contribution in [0.2, 0.25) is 0 Å². The van der Waals surface area contributed by atoms with Gasteiger partial charge < -0.3 is 9.84 Å². The molecule has 0 radical (unpaired) electrons. The van der Waals surface area contributed by atoms with Crippen LogP contribution in [0, 0.1) is 0 Å². The molecule has 2 N–H and O–H groups in total. The molecule has 2 aromatic carbocycles. The van der Waals surface area contributed by atoms with E-state index in [1.54, 1.807) is 24.3 Å². The van der Waals surface area contributed by atoms with Crippen LogP contribution in [0.15, 0.2) is 58.8 Å². The number of phenols is 1. The van der Waals surface area contributed by atoms with Crippen LogP contribution in [0.1, 0.15) is 6.42 Å². The molecule has 0 heterocycles. The smallest absolute Gasteiger partial charge is 0.264 e. The summed E-state index contributed by atoms with van der Waals surface area (Å²) >= 11 is 0. The lowest BCUT2D eigenvalue weighted by molar-refractivity contribution is 0.315. The number of benzene rings is 2. The number of aromatic hydroxyl groups is 1. The van der Waals surface area contributed by atoms with Crippen LogP contribution in [-0.4, -0.2) is 30.4 Å². The summed E-state index contributed by atoms with van der Waals surface area (Å²) in [5.74, 6) is -0.218. The van der Waals surface area contributed by atoms with E-state index < -0.39 is 15.9 Å². The van der Waals surface area contributed by atoms with Gasteiger partial charge in [-0.05, 0) is 30.7 Å². The number of ether oxygens (including phenoxy) is 1. The first-order valence-electron chi connectivity index (χ1n) is 6.82. The molecule has 7 nitrogen and oxygen atoms in total. The molecule has 2 rings (SSSR count). The van der Waals surface area contributed by atoms with Gasteiger partial charge in [0.05, 0.1) is 18.0 Å². The second-order valence-corrected chi connectivity index (χ2v) is 6.22. The van der Waals surface area contributed by atoms with Crippen LogP contribution >= 0.6 is 0 Å². The molecule has 0 aliphatic heterocycles. The molecule has 0 amide bonds. The number of hydrogen-bond donors (Lipinski definition) is 2. The van der Waals surface area contributed by atoms with E-state index in [0.717, 1.165) is 0 Å². The van der Waals surface area contributed by atoms with Gasteiger partial charge in [0.1, 0.15) is 5.75 Å². The Bertz CT molecular complexity index is 776. The Balaban J connectivity index is 2.09. The van der Waals surface area contributed by atoms with Gasteiger partial charge in [0.15, 0.2) is 11.4 Å². The molecule has 0 aliphatic rings. The average molecular weight is 336 g/mol. The minimum atomic E-state index is -4.01. The molecular weight excluding hydrogens is 320 g/mol. The van der Waals surface area contributed by atoms with Crippen LogP contribution in [0.3, 0.4) is 0 Å². The van der Waals surface area contributed by atoms with Crippen molar-refractivity contribution in [1.82, 2.24) is 0 Å². The summed E-state index contributed by atoms with van der Waals surface area (Å²) in [6.07, 6.45) is 0.115. The van der Waals surface area contributed by atoms with E-state index >= 15 is 0 Å². The Morgan fingerprint density at radius 2 is 1.74 bits per heavy atom. The van der Waals surface area contributed by atoms with Crippen LogP contribution in [0.25, 0.3) is 0 Å². The first kappa shape index (κ1) is 16.9. The zero-order chi connectivity index (χ0) is 16.7. The number of rotatable bonds is 7. The molecule has 0 unspecified atom stereocenters. The number of hydrogen-bond acceptors (Lipinski definition) is 6. The molecule has 122 valence electrons. The third-order valence-corrected chi connectivity index (χ3v) is 3.61. The van der Waals surface area contributed by atoms with E-state index in [9.17, 15) is 13.5 Å². The molecule has 0 fully saturated rings. The fraction of sp³-hybridized carbons (Fsp3) is 0.200. The van der Waals surface area contributed by atoms with Crippen molar-refractivity contribution in [2.45, 2.75) is 6.42 Å². The summed E-state index contributed by atoms with van der Waals surface area (Å²) in [4.78, 5) is 0. The molecular formula is C15H16N2O5S. The maximum Gasteiger partial charge on any atom is 0.264 e.